The van der Waals surface area contributed by atoms with Crippen molar-refractivity contribution in [1.29, 1.82) is 0 Å². The zero-order chi connectivity index (χ0) is 29.3. The second kappa shape index (κ2) is 7.20. The number of fused-ring (bicyclic) bond motifs is 17. The molecule has 0 fully saturated rings. The monoisotopic (exact) mass is 570 g/mol. The maximum Gasteiger partial charge on any atom is 0.0620 e. The average Bonchev–Trinajstić information content (AvgIpc) is 3.83. The van der Waals surface area contributed by atoms with Crippen LogP contribution < -0.4 is 0 Å². The van der Waals surface area contributed by atoms with Crippen molar-refractivity contribution >= 4 is 87.0 Å². The molecule has 0 bridgehead atoms. The highest BCUT2D eigenvalue weighted by molar-refractivity contribution is 6.30. The molecule has 1 aliphatic carbocycles. The molecule has 7 aromatic carbocycles. The van der Waals surface area contributed by atoms with Crippen molar-refractivity contribution in [2.24, 2.45) is 0 Å². The van der Waals surface area contributed by atoms with Gasteiger partial charge in [0.2, 0.25) is 0 Å². The molecule has 12 rings (SSSR count). The predicted molar refractivity (Wildman–Crippen MR) is 191 cm³/mol. The molecule has 0 aliphatic heterocycles. The molecule has 208 valence electrons. The van der Waals surface area contributed by atoms with Gasteiger partial charge in [0.1, 0.15) is 0 Å². The molecular weight excluding hydrogens is 544 g/mol. The number of hydrogen-bond donors (Lipinski definition) is 0. The lowest BCUT2D eigenvalue weighted by Crippen LogP contribution is -2.14. The van der Waals surface area contributed by atoms with Crippen molar-refractivity contribution in [3.05, 3.63) is 132 Å². The average molecular weight is 571 g/mol. The van der Waals surface area contributed by atoms with Crippen molar-refractivity contribution in [2.45, 2.75) is 19.3 Å². The summed E-state index contributed by atoms with van der Waals surface area (Å²) in [6.45, 7) is 4.75. The van der Waals surface area contributed by atoms with E-state index >= 15 is 0 Å². The zero-order valence-electron chi connectivity index (χ0n) is 24.9. The quantitative estimate of drug-likeness (QED) is 0.171. The van der Waals surface area contributed by atoms with Crippen LogP contribution in [-0.2, 0) is 5.41 Å². The summed E-state index contributed by atoms with van der Waals surface area (Å²) in [5, 5.41) is 13.2. The van der Waals surface area contributed by atoms with Crippen molar-refractivity contribution in [3.8, 4) is 11.1 Å². The second-order valence-electron chi connectivity index (χ2n) is 13.7. The Bertz CT molecular complexity index is 3110. The lowest BCUT2D eigenvalue weighted by atomic mass is 9.82. The molecule has 1 aliphatic rings. The van der Waals surface area contributed by atoms with Crippen LogP contribution in [0.5, 0.6) is 0 Å². The molecular formula is C43H26N2. The first-order valence-corrected chi connectivity index (χ1v) is 16.0. The van der Waals surface area contributed by atoms with E-state index in [0.29, 0.717) is 0 Å². The molecule has 0 atom stereocenters. The Kier molecular flexibility index (Phi) is 3.66. The summed E-state index contributed by atoms with van der Waals surface area (Å²) in [6, 6.07) is 46.1. The summed E-state index contributed by atoms with van der Waals surface area (Å²) in [5.41, 5.74) is 13.4. The molecule has 0 saturated heterocycles. The Balaban J connectivity index is 1.31. The van der Waals surface area contributed by atoms with E-state index in [1.54, 1.807) is 0 Å². The number of nitrogens with zero attached hydrogens (tertiary/aromatic N) is 2. The highest BCUT2D eigenvalue weighted by Crippen LogP contribution is 2.52. The fourth-order valence-corrected chi connectivity index (χ4v) is 9.39. The van der Waals surface area contributed by atoms with Gasteiger partial charge in [0, 0.05) is 53.9 Å². The Hall–Kier alpha value is -5.60. The summed E-state index contributed by atoms with van der Waals surface area (Å²) in [5.74, 6) is 0. The smallest absolute Gasteiger partial charge is 0.0620 e. The molecule has 0 radical (unpaired) electrons. The number of aromatic nitrogens is 2. The molecule has 0 N–H and O–H groups in total. The Morgan fingerprint density at radius 1 is 0.378 bits per heavy atom. The van der Waals surface area contributed by atoms with E-state index in [2.05, 4.69) is 144 Å². The first kappa shape index (κ1) is 22.9. The largest absolute Gasteiger partial charge is 0.308 e. The van der Waals surface area contributed by atoms with Crippen LogP contribution in [0.15, 0.2) is 121 Å². The highest BCUT2D eigenvalue weighted by atomic mass is 14.9. The summed E-state index contributed by atoms with van der Waals surface area (Å²) in [6.07, 6.45) is 0. The molecule has 2 nitrogen and oxygen atoms in total. The third-order valence-corrected chi connectivity index (χ3v) is 11.3. The van der Waals surface area contributed by atoms with Crippen LogP contribution in [0.25, 0.3) is 98.1 Å². The minimum atomic E-state index is -0.0234. The third kappa shape index (κ3) is 2.41. The summed E-state index contributed by atoms with van der Waals surface area (Å²) < 4.78 is 5.12. The molecule has 45 heavy (non-hydrogen) atoms. The van der Waals surface area contributed by atoms with Gasteiger partial charge in [-0.1, -0.05) is 111 Å². The van der Waals surface area contributed by atoms with Gasteiger partial charge in [0.05, 0.1) is 33.1 Å². The van der Waals surface area contributed by atoms with Gasteiger partial charge >= 0.3 is 0 Å². The van der Waals surface area contributed by atoms with Gasteiger partial charge in [-0.2, -0.15) is 0 Å². The summed E-state index contributed by atoms with van der Waals surface area (Å²) in [7, 11) is 0. The summed E-state index contributed by atoms with van der Waals surface area (Å²) in [4.78, 5) is 0. The first-order valence-electron chi connectivity index (χ1n) is 16.0. The van der Waals surface area contributed by atoms with E-state index in [0.717, 1.165) is 0 Å². The van der Waals surface area contributed by atoms with Crippen LogP contribution in [0.2, 0.25) is 0 Å². The van der Waals surface area contributed by atoms with Crippen molar-refractivity contribution in [1.82, 2.24) is 8.80 Å². The Morgan fingerprint density at radius 3 is 1.73 bits per heavy atom. The number of para-hydroxylation sites is 2. The van der Waals surface area contributed by atoms with Crippen LogP contribution in [-0.4, -0.2) is 8.80 Å². The maximum atomic E-state index is 2.56. The zero-order valence-corrected chi connectivity index (χ0v) is 24.9. The summed E-state index contributed by atoms with van der Waals surface area (Å²) >= 11 is 0. The van der Waals surface area contributed by atoms with Crippen LogP contribution in [0.4, 0.5) is 0 Å². The minimum Gasteiger partial charge on any atom is -0.308 e. The van der Waals surface area contributed by atoms with Crippen molar-refractivity contribution < 1.29 is 0 Å². The topological polar surface area (TPSA) is 8.82 Å². The van der Waals surface area contributed by atoms with Crippen molar-refractivity contribution in [2.75, 3.05) is 0 Å². The molecule has 0 saturated carbocycles. The molecule has 2 heteroatoms. The number of benzene rings is 7. The Labute approximate surface area is 258 Å². The van der Waals surface area contributed by atoms with E-state index < -0.39 is 0 Å². The predicted octanol–water partition coefficient (Wildman–Crippen LogP) is 11.4. The molecule has 4 aromatic heterocycles. The number of hydrogen-bond acceptors (Lipinski definition) is 0. The number of rotatable bonds is 0. The van der Waals surface area contributed by atoms with Gasteiger partial charge in [0.25, 0.3) is 0 Å². The lowest BCUT2D eigenvalue weighted by Gasteiger charge is -2.21. The van der Waals surface area contributed by atoms with E-state index in [1.165, 1.54) is 109 Å². The van der Waals surface area contributed by atoms with Gasteiger partial charge < -0.3 is 8.80 Å². The van der Waals surface area contributed by atoms with Gasteiger partial charge in [-0.05, 0) is 51.9 Å². The highest BCUT2D eigenvalue weighted by Gasteiger charge is 2.36. The lowest BCUT2D eigenvalue weighted by molar-refractivity contribution is 0.661. The first-order chi connectivity index (χ1) is 22.1. The van der Waals surface area contributed by atoms with E-state index in [1.807, 2.05) is 0 Å². The van der Waals surface area contributed by atoms with Crippen LogP contribution in [0.1, 0.15) is 25.0 Å². The molecule has 4 heterocycles. The van der Waals surface area contributed by atoms with E-state index in [-0.39, 0.29) is 5.41 Å². The third-order valence-electron chi connectivity index (χ3n) is 11.3. The van der Waals surface area contributed by atoms with Gasteiger partial charge in [-0.25, -0.2) is 0 Å². The van der Waals surface area contributed by atoms with E-state index in [4.69, 9.17) is 0 Å². The SMILES string of the molecule is CC1(C)c2ccccc2-c2cc3c(cc21)c1cccc2c4cc5c6cccc7c8ccc9ccccc9c8n(c5cc4n3c12)c67. The molecule has 0 spiro atoms. The van der Waals surface area contributed by atoms with Crippen LogP contribution in [0, 0.1) is 0 Å². The van der Waals surface area contributed by atoms with Gasteiger partial charge in [0.15, 0.2) is 0 Å². The van der Waals surface area contributed by atoms with E-state index in [9.17, 15) is 0 Å². The van der Waals surface area contributed by atoms with Crippen LogP contribution in [0.3, 0.4) is 0 Å². The standard InChI is InChI=1S/C43H26N2/c1-43(2)35-16-6-5-11-25(35)31-21-37-34(20-36(31)43)29-15-8-13-27-32-19-33-28-14-7-12-26-30-18-17-23-9-3-4-10-24(23)40(30)45(42(26)28)39(33)22-38(32)44(37)41(27)29/h3-22H,1-2H3. The van der Waals surface area contributed by atoms with Gasteiger partial charge in [-0.3, -0.25) is 0 Å². The van der Waals surface area contributed by atoms with Gasteiger partial charge in [-0.15, -0.1) is 0 Å². The van der Waals surface area contributed by atoms with Crippen molar-refractivity contribution in [3.63, 3.8) is 0 Å². The maximum absolute atomic E-state index is 2.56. The fraction of sp³-hybridized carbons (Fsp3) is 0.0698. The second-order valence-corrected chi connectivity index (χ2v) is 13.7. The Morgan fingerprint density at radius 2 is 0.933 bits per heavy atom. The molecule has 0 unspecified atom stereocenters. The molecule has 11 aromatic rings. The normalized spacial score (nSPS) is 14.6. The fourth-order valence-electron chi connectivity index (χ4n) is 9.39. The minimum absolute atomic E-state index is 0.0234. The molecule has 0 amide bonds. The van der Waals surface area contributed by atoms with Crippen LogP contribution >= 0.6 is 0 Å².